The van der Waals surface area contributed by atoms with Crippen LogP contribution in [0.25, 0.3) is 0 Å². The Hall–Kier alpha value is -2.72. The molecule has 0 bridgehead atoms. The Labute approximate surface area is 158 Å². The molecule has 4 nitrogen and oxygen atoms in total. The number of phenolic OH excluding ortho intramolecular Hbond substituents is 1. The number of phenols is 1. The van der Waals surface area contributed by atoms with Gasteiger partial charge in [0.2, 0.25) is 5.91 Å². The molecule has 1 atom stereocenters. The van der Waals surface area contributed by atoms with Crippen molar-refractivity contribution in [2.24, 2.45) is 0 Å². The van der Waals surface area contributed by atoms with Gasteiger partial charge >= 0.3 is 0 Å². The molecule has 5 heteroatoms. The molecule has 0 aliphatic heterocycles. The van der Waals surface area contributed by atoms with E-state index in [0.717, 1.165) is 17.5 Å². The first-order chi connectivity index (χ1) is 12.6. The van der Waals surface area contributed by atoms with Gasteiger partial charge in [-0.3, -0.25) is 4.79 Å². The Balaban J connectivity index is 1.60. The zero-order valence-corrected chi connectivity index (χ0v) is 15.1. The number of benzene rings is 2. The highest BCUT2D eigenvalue weighted by Crippen LogP contribution is 2.24. The average Bonchev–Trinajstić information content (AvgIpc) is 3.17. The second kappa shape index (κ2) is 8.59. The number of hydrogen-bond donors (Lipinski definition) is 2. The van der Waals surface area contributed by atoms with Crippen molar-refractivity contribution in [3.63, 3.8) is 0 Å². The minimum atomic E-state index is -0.0732. The van der Waals surface area contributed by atoms with Crippen molar-refractivity contribution in [1.82, 2.24) is 9.88 Å². The first kappa shape index (κ1) is 18.1. The van der Waals surface area contributed by atoms with E-state index in [4.69, 9.17) is 11.6 Å². The molecule has 0 unspecified atom stereocenters. The lowest BCUT2D eigenvalue weighted by atomic mass is 10.0. The highest BCUT2D eigenvalue weighted by molar-refractivity contribution is 6.30. The minimum Gasteiger partial charge on any atom is -0.508 e. The second-order valence-corrected chi connectivity index (χ2v) is 6.60. The van der Waals surface area contributed by atoms with Crippen LogP contribution in [0.1, 0.15) is 23.6 Å². The van der Waals surface area contributed by atoms with Gasteiger partial charge in [-0.2, -0.15) is 0 Å². The van der Waals surface area contributed by atoms with Crippen LogP contribution < -0.4 is 5.32 Å². The predicted molar refractivity (Wildman–Crippen MR) is 103 cm³/mol. The Bertz CT molecular complexity index is 827. The van der Waals surface area contributed by atoms with Crippen molar-refractivity contribution in [2.75, 3.05) is 6.54 Å². The SMILES string of the molecule is O=C(C[C@@H](c1ccc(Cl)cc1)n1cccc1)NCCc1ccc(O)cc1. The van der Waals surface area contributed by atoms with Crippen molar-refractivity contribution < 1.29 is 9.90 Å². The molecule has 134 valence electrons. The molecule has 1 aromatic heterocycles. The second-order valence-electron chi connectivity index (χ2n) is 6.17. The van der Waals surface area contributed by atoms with Crippen LogP contribution in [-0.4, -0.2) is 22.1 Å². The Morgan fingerprint density at radius 1 is 1.04 bits per heavy atom. The number of carbonyl (C=O) groups is 1. The fourth-order valence-corrected chi connectivity index (χ4v) is 3.02. The summed E-state index contributed by atoms with van der Waals surface area (Å²) in [4.78, 5) is 12.4. The third kappa shape index (κ3) is 4.90. The van der Waals surface area contributed by atoms with Crippen molar-refractivity contribution >= 4 is 17.5 Å². The molecule has 26 heavy (non-hydrogen) atoms. The summed E-state index contributed by atoms with van der Waals surface area (Å²) >= 11 is 5.98. The predicted octanol–water partition coefficient (Wildman–Crippen LogP) is 4.19. The first-order valence-electron chi connectivity index (χ1n) is 8.54. The summed E-state index contributed by atoms with van der Waals surface area (Å²) < 4.78 is 2.03. The number of aromatic hydroxyl groups is 1. The summed E-state index contributed by atoms with van der Waals surface area (Å²) in [5.41, 5.74) is 2.11. The van der Waals surface area contributed by atoms with E-state index in [0.29, 0.717) is 18.0 Å². The van der Waals surface area contributed by atoms with Crippen molar-refractivity contribution in [1.29, 1.82) is 0 Å². The van der Waals surface area contributed by atoms with E-state index in [-0.39, 0.29) is 17.7 Å². The largest absolute Gasteiger partial charge is 0.508 e. The molecular formula is C21H21ClN2O2. The van der Waals surface area contributed by atoms with Gasteiger partial charge in [-0.1, -0.05) is 35.9 Å². The molecule has 0 fully saturated rings. The van der Waals surface area contributed by atoms with Crippen LogP contribution >= 0.6 is 11.6 Å². The molecule has 2 N–H and O–H groups in total. The lowest BCUT2D eigenvalue weighted by Crippen LogP contribution is -2.28. The van der Waals surface area contributed by atoms with Crippen LogP contribution in [0.4, 0.5) is 0 Å². The lowest BCUT2D eigenvalue weighted by Gasteiger charge is -2.19. The van der Waals surface area contributed by atoms with E-state index >= 15 is 0 Å². The van der Waals surface area contributed by atoms with Gasteiger partial charge in [-0.25, -0.2) is 0 Å². The van der Waals surface area contributed by atoms with Crippen molar-refractivity contribution in [3.8, 4) is 5.75 Å². The van der Waals surface area contributed by atoms with Gasteiger partial charge in [-0.15, -0.1) is 0 Å². The maximum absolute atomic E-state index is 12.4. The molecule has 0 saturated carbocycles. The smallest absolute Gasteiger partial charge is 0.222 e. The fourth-order valence-electron chi connectivity index (χ4n) is 2.89. The maximum atomic E-state index is 12.4. The summed E-state index contributed by atoms with van der Waals surface area (Å²) in [7, 11) is 0. The number of aromatic nitrogens is 1. The summed E-state index contributed by atoms with van der Waals surface area (Å²) in [6.45, 7) is 0.558. The lowest BCUT2D eigenvalue weighted by molar-refractivity contribution is -0.121. The molecular weight excluding hydrogens is 348 g/mol. The zero-order valence-electron chi connectivity index (χ0n) is 14.3. The monoisotopic (exact) mass is 368 g/mol. The molecule has 3 rings (SSSR count). The van der Waals surface area contributed by atoms with Gasteiger partial charge in [-0.05, 0) is 53.9 Å². The number of nitrogens with zero attached hydrogens (tertiary/aromatic N) is 1. The fraction of sp³-hybridized carbons (Fsp3) is 0.190. The molecule has 1 heterocycles. The van der Waals surface area contributed by atoms with E-state index in [2.05, 4.69) is 5.32 Å². The summed E-state index contributed by atoms with van der Waals surface area (Å²) in [5, 5.41) is 13.0. The van der Waals surface area contributed by atoms with Gasteiger partial charge in [0, 0.05) is 24.0 Å². The van der Waals surface area contributed by atoms with Crippen LogP contribution in [-0.2, 0) is 11.2 Å². The summed E-state index contributed by atoms with van der Waals surface area (Å²) in [5.74, 6) is 0.243. The number of nitrogens with one attached hydrogen (secondary N) is 1. The molecule has 0 saturated heterocycles. The van der Waals surface area contributed by atoms with Crippen LogP contribution in [0.5, 0.6) is 5.75 Å². The molecule has 1 amide bonds. The van der Waals surface area contributed by atoms with Crippen LogP contribution in [0.3, 0.4) is 0 Å². The van der Waals surface area contributed by atoms with Crippen molar-refractivity contribution in [2.45, 2.75) is 18.9 Å². The summed E-state index contributed by atoms with van der Waals surface area (Å²) in [6, 6.07) is 18.4. The topological polar surface area (TPSA) is 54.3 Å². The third-order valence-electron chi connectivity index (χ3n) is 4.29. The van der Waals surface area contributed by atoms with E-state index in [1.165, 1.54) is 0 Å². The number of hydrogen-bond acceptors (Lipinski definition) is 2. The number of carbonyl (C=O) groups excluding carboxylic acids is 1. The Morgan fingerprint density at radius 3 is 2.35 bits per heavy atom. The van der Waals surface area contributed by atoms with Gasteiger partial charge in [0.15, 0.2) is 0 Å². The number of rotatable bonds is 7. The highest BCUT2D eigenvalue weighted by Gasteiger charge is 2.17. The number of amides is 1. The quantitative estimate of drug-likeness (QED) is 0.657. The summed E-state index contributed by atoms with van der Waals surface area (Å²) in [6.07, 6.45) is 5.00. The first-order valence-corrected chi connectivity index (χ1v) is 8.92. The minimum absolute atomic E-state index is 0.00238. The van der Waals surface area contributed by atoms with Crippen molar-refractivity contribution in [3.05, 3.63) is 89.2 Å². The van der Waals surface area contributed by atoms with Gasteiger partial charge in [0.25, 0.3) is 0 Å². The van der Waals surface area contributed by atoms with Gasteiger partial charge in [0.05, 0.1) is 12.5 Å². The normalized spacial score (nSPS) is 11.9. The Kier molecular flexibility index (Phi) is 5.97. The highest BCUT2D eigenvalue weighted by atomic mass is 35.5. The standard InChI is InChI=1S/C21H21ClN2O2/c22-18-7-5-17(6-8-18)20(24-13-1-2-14-24)15-21(26)23-12-11-16-3-9-19(25)10-4-16/h1-10,13-14,20,25H,11-12,15H2,(H,23,26)/t20-/m0/s1. The van der Waals surface area contributed by atoms with Crippen LogP contribution in [0.15, 0.2) is 73.1 Å². The molecule has 2 aromatic carbocycles. The number of halogens is 1. The molecule has 0 aliphatic rings. The average molecular weight is 369 g/mol. The van der Waals surface area contributed by atoms with Gasteiger partial charge < -0.3 is 15.0 Å². The van der Waals surface area contributed by atoms with E-state index in [1.807, 2.05) is 65.5 Å². The van der Waals surface area contributed by atoms with E-state index in [9.17, 15) is 9.90 Å². The molecule has 0 spiro atoms. The maximum Gasteiger partial charge on any atom is 0.222 e. The molecule has 3 aromatic rings. The van der Waals surface area contributed by atoms with Gasteiger partial charge in [0.1, 0.15) is 5.75 Å². The van der Waals surface area contributed by atoms with Crippen LogP contribution in [0, 0.1) is 0 Å². The third-order valence-corrected chi connectivity index (χ3v) is 4.55. The Morgan fingerprint density at radius 2 is 1.69 bits per heavy atom. The molecule has 0 aliphatic carbocycles. The zero-order chi connectivity index (χ0) is 18.4. The van der Waals surface area contributed by atoms with Crippen LogP contribution in [0.2, 0.25) is 5.02 Å². The van der Waals surface area contributed by atoms with E-state index in [1.54, 1.807) is 12.1 Å². The molecule has 0 radical (unpaired) electrons. The van der Waals surface area contributed by atoms with E-state index < -0.39 is 0 Å².